The quantitative estimate of drug-likeness (QED) is 0.612. The first-order valence-corrected chi connectivity index (χ1v) is 6.11. The van der Waals surface area contributed by atoms with E-state index in [0.29, 0.717) is 0 Å². The largest absolute Gasteiger partial charge is 0.394 e. The summed E-state index contributed by atoms with van der Waals surface area (Å²) in [6, 6.07) is 0. The molecule has 15 heavy (non-hydrogen) atoms. The van der Waals surface area contributed by atoms with Gasteiger partial charge in [0.15, 0.2) is 0 Å². The molecule has 0 unspecified atom stereocenters. The smallest absolute Gasteiger partial charge is 0.0613 e. The second-order valence-corrected chi connectivity index (χ2v) is 4.67. The normalized spacial score (nSPS) is 12.4. The van der Waals surface area contributed by atoms with Crippen LogP contribution in [0.4, 0.5) is 0 Å². The van der Waals surface area contributed by atoms with Crippen molar-refractivity contribution in [2.24, 2.45) is 0 Å². The van der Waals surface area contributed by atoms with Crippen molar-refractivity contribution in [1.82, 2.24) is 10.2 Å². The maximum atomic E-state index is 9.53. The monoisotopic (exact) mass is 216 g/mol. The maximum Gasteiger partial charge on any atom is 0.0613 e. The summed E-state index contributed by atoms with van der Waals surface area (Å²) in [7, 11) is 4.14. The summed E-state index contributed by atoms with van der Waals surface area (Å²) in [4.78, 5) is 2.16. The third kappa shape index (κ3) is 6.13. The van der Waals surface area contributed by atoms with Crippen LogP contribution >= 0.6 is 0 Å². The minimum atomic E-state index is -0.0422. The van der Waals surface area contributed by atoms with Gasteiger partial charge >= 0.3 is 0 Å². The highest BCUT2D eigenvalue weighted by molar-refractivity contribution is 4.86. The SMILES string of the molecule is CCCC(CO)(CCC)NCCN(C)C. The Morgan fingerprint density at radius 2 is 1.67 bits per heavy atom. The van der Waals surface area contributed by atoms with E-state index in [2.05, 4.69) is 38.2 Å². The van der Waals surface area contributed by atoms with Crippen LogP contribution in [0.15, 0.2) is 0 Å². The topological polar surface area (TPSA) is 35.5 Å². The van der Waals surface area contributed by atoms with Crippen LogP contribution in [0.25, 0.3) is 0 Å². The van der Waals surface area contributed by atoms with Crippen LogP contribution in [0.3, 0.4) is 0 Å². The van der Waals surface area contributed by atoms with E-state index in [4.69, 9.17) is 0 Å². The number of rotatable bonds is 9. The van der Waals surface area contributed by atoms with Crippen molar-refractivity contribution < 1.29 is 5.11 Å². The van der Waals surface area contributed by atoms with Gasteiger partial charge in [-0.1, -0.05) is 26.7 Å². The Morgan fingerprint density at radius 3 is 2.00 bits per heavy atom. The van der Waals surface area contributed by atoms with Crippen molar-refractivity contribution in [2.45, 2.75) is 45.1 Å². The zero-order valence-corrected chi connectivity index (χ0v) is 10.8. The first-order chi connectivity index (χ1) is 7.10. The highest BCUT2D eigenvalue weighted by Gasteiger charge is 2.26. The number of hydrogen-bond donors (Lipinski definition) is 2. The van der Waals surface area contributed by atoms with Gasteiger partial charge in [-0.3, -0.25) is 0 Å². The van der Waals surface area contributed by atoms with Gasteiger partial charge in [-0.25, -0.2) is 0 Å². The highest BCUT2D eigenvalue weighted by Crippen LogP contribution is 2.18. The molecule has 0 saturated heterocycles. The standard InChI is InChI=1S/C12H28N2O/c1-5-7-12(11-15,8-6-2)13-9-10-14(3)4/h13,15H,5-11H2,1-4H3. The predicted octanol–water partition coefficient (Wildman–Crippen LogP) is 1.47. The van der Waals surface area contributed by atoms with E-state index >= 15 is 0 Å². The minimum absolute atomic E-state index is 0.0422. The van der Waals surface area contributed by atoms with E-state index in [1.165, 1.54) is 0 Å². The molecule has 0 fully saturated rings. The van der Waals surface area contributed by atoms with Gasteiger partial charge in [-0.05, 0) is 26.9 Å². The summed E-state index contributed by atoms with van der Waals surface area (Å²) in [5, 5.41) is 13.1. The fourth-order valence-electron chi connectivity index (χ4n) is 2.02. The number of hydrogen-bond acceptors (Lipinski definition) is 3. The van der Waals surface area contributed by atoms with Gasteiger partial charge in [0, 0.05) is 18.6 Å². The van der Waals surface area contributed by atoms with Gasteiger partial charge in [-0.2, -0.15) is 0 Å². The maximum absolute atomic E-state index is 9.53. The molecule has 0 heterocycles. The zero-order chi connectivity index (χ0) is 11.7. The molecule has 3 nitrogen and oxygen atoms in total. The summed E-state index contributed by atoms with van der Waals surface area (Å²) in [5.41, 5.74) is -0.0422. The van der Waals surface area contributed by atoms with E-state index in [0.717, 1.165) is 38.8 Å². The molecule has 0 aliphatic rings. The summed E-state index contributed by atoms with van der Waals surface area (Å²) in [6.07, 6.45) is 4.36. The average Bonchev–Trinajstić information content (AvgIpc) is 2.17. The third-order valence-corrected chi connectivity index (χ3v) is 2.82. The molecule has 0 atom stereocenters. The highest BCUT2D eigenvalue weighted by atomic mass is 16.3. The van der Waals surface area contributed by atoms with Crippen LogP contribution in [0, 0.1) is 0 Å². The Hall–Kier alpha value is -0.120. The van der Waals surface area contributed by atoms with Crippen LogP contribution in [0.1, 0.15) is 39.5 Å². The Morgan fingerprint density at radius 1 is 1.13 bits per heavy atom. The molecule has 2 N–H and O–H groups in total. The van der Waals surface area contributed by atoms with E-state index in [9.17, 15) is 5.11 Å². The van der Waals surface area contributed by atoms with Gasteiger partial charge in [0.25, 0.3) is 0 Å². The molecule has 0 aromatic rings. The van der Waals surface area contributed by atoms with Crippen LogP contribution in [0.5, 0.6) is 0 Å². The lowest BCUT2D eigenvalue weighted by Crippen LogP contribution is -2.50. The van der Waals surface area contributed by atoms with E-state index < -0.39 is 0 Å². The number of nitrogens with one attached hydrogen (secondary N) is 1. The van der Waals surface area contributed by atoms with Gasteiger partial charge in [0.2, 0.25) is 0 Å². The van der Waals surface area contributed by atoms with Crippen LogP contribution in [0.2, 0.25) is 0 Å². The molecule has 0 bridgehead atoms. The van der Waals surface area contributed by atoms with Crippen molar-refractivity contribution in [1.29, 1.82) is 0 Å². The van der Waals surface area contributed by atoms with Crippen LogP contribution < -0.4 is 5.32 Å². The molecule has 0 amide bonds. The second kappa shape index (κ2) is 8.08. The molecule has 0 aromatic carbocycles. The van der Waals surface area contributed by atoms with Crippen molar-refractivity contribution >= 4 is 0 Å². The molecule has 0 saturated carbocycles. The minimum Gasteiger partial charge on any atom is -0.394 e. The molecule has 0 rings (SSSR count). The summed E-state index contributed by atoms with van der Waals surface area (Å²) in [6.45, 7) is 6.58. The molecule has 0 radical (unpaired) electrons. The molecule has 3 heteroatoms. The van der Waals surface area contributed by atoms with E-state index in [1.807, 2.05) is 0 Å². The molecule has 0 aliphatic heterocycles. The Balaban J connectivity index is 4.08. The molecular formula is C12H28N2O. The van der Waals surface area contributed by atoms with E-state index in [1.54, 1.807) is 0 Å². The molecule has 0 spiro atoms. The molecular weight excluding hydrogens is 188 g/mol. The van der Waals surface area contributed by atoms with Gasteiger partial charge in [-0.15, -0.1) is 0 Å². The number of nitrogens with zero attached hydrogens (tertiary/aromatic N) is 1. The Kier molecular flexibility index (Phi) is 8.02. The van der Waals surface area contributed by atoms with Gasteiger partial charge < -0.3 is 15.3 Å². The third-order valence-electron chi connectivity index (χ3n) is 2.82. The molecule has 0 aliphatic carbocycles. The number of aliphatic hydroxyl groups is 1. The lowest BCUT2D eigenvalue weighted by molar-refractivity contribution is 0.137. The zero-order valence-electron chi connectivity index (χ0n) is 10.8. The first kappa shape index (κ1) is 14.9. The first-order valence-electron chi connectivity index (χ1n) is 6.11. The molecule has 0 aromatic heterocycles. The summed E-state index contributed by atoms with van der Waals surface area (Å²) in [5.74, 6) is 0. The second-order valence-electron chi connectivity index (χ2n) is 4.67. The lowest BCUT2D eigenvalue weighted by Gasteiger charge is -2.33. The van der Waals surface area contributed by atoms with Gasteiger partial charge in [0.1, 0.15) is 0 Å². The van der Waals surface area contributed by atoms with Crippen LogP contribution in [-0.2, 0) is 0 Å². The fraction of sp³-hybridized carbons (Fsp3) is 1.00. The molecule has 92 valence electrons. The fourth-order valence-corrected chi connectivity index (χ4v) is 2.02. The summed E-state index contributed by atoms with van der Waals surface area (Å²) < 4.78 is 0. The van der Waals surface area contributed by atoms with Crippen molar-refractivity contribution in [2.75, 3.05) is 33.8 Å². The predicted molar refractivity (Wildman–Crippen MR) is 66.2 cm³/mol. The van der Waals surface area contributed by atoms with E-state index in [-0.39, 0.29) is 12.1 Å². The van der Waals surface area contributed by atoms with Crippen molar-refractivity contribution in [3.05, 3.63) is 0 Å². The Labute approximate surface area is 94.9 Å². The average molecular weight is 216 g/mol. The van der Waals surface area contributed by atoms with Crippen molar-refractivity contribution in [3.8, 4) is 0 Å². The van der Waals surface area contributed by atoms with Gasteiger partial charge in [0.05, 0.1) is 6.61 Å². The summed E-state index contributed by atoms with van der Waals surface area (Å²) >= 11 is 0. The lowest BCUT2D eigenvalue weighted by atomic mass is 9.89. The number of aliphatic hydroxyl groups excluding tert-OH is 1. The van der Waals surface area contributed by atoms with Crippen molar-refractivity contribution in [3.63, 3.8) is 0 Å². The number of likely N-dealkylation sites (N-methyl/N-ethyl adjacent to an activating group) is 1. The van der Waals surface area contributed by atoms with Crippen LogP contribution in [-0.4, -0.2) is 49.3 Å². The Bertz CT molecular complexity index is 143.